The topological polar surface area (TPSA) is 37.8 Å². The summed E-state index contributed by atoms with van der Waals surface area (Å²) in [7, 11) is 0. The summed E-state index contributed by atoms with van der Waals surface area (Å²) in [5.41, 5.74) is 3.86. The van der Waals surface area contributed by atoms with Crippen molar-refractivity contribution in [3.63, 3.8) is 0 Å². The highest BCUT2D eigenvalue weighted by molar-refractivity contribution is 7.98. The standard InChI is InChI=1S/C14H23N3S/c1-4-5-12-11-6-15-7-13(11)17-14(16-12)9-18-8-10(2)3/h10,15H,4-9H2,1-3H3. The Morgan fingerprint density at radius 2 is 2.11 bits per heavy atom. The Balaban J connectivity index is 2.09. The molecule has 1 aromatic rings. The third-order valence-electron chi connectivity index (χ3n) is 2.99. The Bertz CT molecular complexity index is 404. The van der Waals surface area contributed by atoms with Gasteiger partial charge >= 0.3 is 0 Å². The van der Waals surface area contributed by atoms with Crippen molar-refractivity contribution in [1.29, 1.82) is 0 Å². The number of aromatic nitrogens is 2. The van der Waals surface area contributed by atoms with Crippen LogP contribution in [0.15, 0.2) is 0 Å². The molecule has 0 bridgehead atoms. The molecule has 0 atom stereocenters. The molecule has 0 aliphatic carbocycles. The van der Waals surface area contributed by atoms with Gasteiger partial charge in [-0.05, 0) is 18.1 Å². The lowest BCUT2D eigenvalue weighted by molar-refractivity contribution is 0.749. The number of hydrogen-bond donors (Lipinski definition) is 1. The maximum Gasteiger partial charge on any atom is 0.138 e. The van der Waals surface area contributed by atoms with Crippen LogP contribution in [0.25, 0.3) is 0 Å². The number of fused-ring (bicyclic) bond motifs is 1. The molecule has 2 heterocycles. The van der Waals surface area contributed by atoms with Gasteiger partial charge in [0.05, 0.1) is 11.4 Å². The molecule has 0 radical (unpaired) electrons. The van der Waals surface area contributed by atoms with Gasteiger partial charge in [0.2, 0.25) is 0 Å². The van der Waals surface area contributed by atoms with E-state index in [9.17, 15) is 0 Å². The first kappa shape index (κ1) is 13.8. The first-order valence-electron chi connectivity index (χ1n) is 6.86. The zero-order chi connectivity index (χ0) is 13.0. The number of thioether (sulfide) groups is 1. The van der Waals surface area contributed by atoms with Crippen LogP contribution in [-0.4, -0.2) is 15.7 Å². The fourth-order valence-corrected chi connectivity index (χ4v) is 3.09. The average molecular weight is 265 g/mol. The number of hydrogen-bond acceptors (Lipinski definition) is 4. The highest BCUT2D eigenvalue weighted by Gasteiger charge is 2.18. The molecule has 1 aliphatic rings. The van der Waals surface area contributed by atoms with Gasteiger partial charge in [0, 0.05) is 24.3 Å². The Morgan fingerprint density at radius 1 is 1.28 bits per heavy atom. The van der Waals surface area contributed by atoms with E-state index >= 15 is 0 Å². The van der Waals surface area contributed by atoms with Gasteiger partial charge in [0.25, 0.3) is 0 Å². The molecule has 2 rings (SSSR count). The van der Waals surface area contributed by atoms with E-state index in [2.05, 4.69) is 26.1 Å². The second kappa shape index (κ2) is 6.53. The van der Waals surface area contributed by atoms with E-state index in [-0.39, 0.29) is 0 Å². The van der Waals surface area contributed by atoms with E-state index in [1.54, 1.807) is 0 Å². The first-order valence-corrected chi connectivity index (χ1v) is 8.02. The van der Waals surface area contributed by atoms with Gasteiger partial charge in [-0.2, -0.15) is 11.8 Å². The molecule has 3 nitrogen and oxygen atoms in total. The maximum atomic E-state index is 4.76. The van der Waals surface area contributed by atoms with Crippen molar-refractivity contribution in [2.24, 2.45) is 5.92 Å². The van der Waals surface area contributed by atoms with Crippen LogP contribution in [0, 0.1) is 5.92 Å². The van der Waals surface area contributed by atoms with Gasteiger partial charge in [-0.3, -0.25) is 0 Å². The minimum absolute atomic E-state index is 0.737. The Kier molecular flexibility index (Phi) is 5.01. The molecule has 0 aromatic carbocycles. The predicted molar refractivity (Wildman–Crippen MR) is 77.6 cm³/mol. The highest BCUT2D eigenvalue weighted by Crippen LogP contribution is 2.20. The van der Waals surface area contributed by atoms with Crippen LogP contribution in [0.4, 0.5) is 0 Å². The fraction of sp³-hybridized carbons (Fsp3) is 0.714. The second-order valence-electron chi connectivity index (χ2n) is 5.27. The minimum Gasteiger partial charge on any atom is -0.307 e. The summed E-state index contributed by atoms with van der Waals surface area (Å²) in [6.45, 7) is 8.58. The molecule has 0 amide bonds. The number of aryl methyl sites for hydroxylation is 1. The van der Waals surface area contributed by atoms with Crippen LogP contribution in [0.2, 0.25) is 0 Å². The van der Waals surface area contributed by atoms with E-state index in [1.165, 1.54) is 22.7 Å². The van der Waals surface area contributed by atoms with Gasteiger partial charge in [-0.1, -0.05) is 27.2 Å². The molecule has 0 saturated heterocycles. The Labute approximate surface area is 114 Å². The molecule has 1 N–H and O–H groups in total. The third kappa shape index (κ3) is 3.45. The molecule has 0 fully saturated rings. The van der Waals surface area contributed by atoms with Gasteiger partial charge in [-0.25, -0.2) is 9.97 Å². The van der Waals surface area contributed by atoms with Crippen molar-refractivity contribution in [2.75, 3.05) is 5.75 Å². The third-order valence-corrected chi connectivity index (χ3v) is 4.35. The molecular weight excluding hydrogens is 242 g/mol. The molecule has 0 spiro atoms. The van der Waals surface area contributed by atoms with E-state index in [1.807, 2.05) is 11.8 Å². The van der Waals surface area contributed by atoms with E-state index in [0.717, 1.165) is 43.4 Å². The largest absolute Gasteiger partial charge is 0.307 e. The van der Waals surface area contributed by atoms with Crippen molar-refractivity contribution in [1.82, 2.24) is 15.3 Å². The monoisotopic (exact) mass is 265 g/mol. The van der Waals surface area contributed by atoms with Crippen molar-refractivity contribution in [2.45, 2.75) is 52.5 Å². The fourth-order valence-electron chi connectivity index (χ4n) is 2.19. The van der Waals surface area contributed by atoms with Gasteiger partial charge in [0.1, 0.15) is 5.82 Å². The molecular formula is C14H23N3S. The molecule has 100 valence electrons. The number of rotatable bonds is 6. The van der Waals surface area contributed by atoms with Gasteiger partial charge < -0.3 is 5.32 Å². The SMILES string of the molecule is CCCc1nc(CSCC(C)C)nc2c1CNC2. The molecule has 18 heavy (non-hydrogen) atoms. The van der Waals surface area contributed by atoms with Crippen LogP contribution in [0.1, 0.15) is 50.0 Å². The van der Waals surface area contributed by atoms with Gasteiger partial charge in [0.15, 0.2) is 0 Å². The normalized spacial score (nSPS) is 14.2. The quantitative estimate of drug-likeness (QED) is 0.858. The van der Waals surface area contributed by atoms with Gasteiger partial charge in [-0.15, -0.1) is 0 Å². The van der Waals surface area contributed by atoms with Crippen LogP contribution in [0.5, 0.6) is 0 Å². The lowest BCUT2D eigenvalue weighted by Gasteiger charge is -2.09. The lowest BCUT2D eigenvalue weighted by atomic mass is 10.1. The summed E-state index contributed by atoms with van der Waals surface area (Å²) in [4.78, 5) is 9.46. The van der Waals surface area contributed by atoms with Crippen molar-refractivity contribution in [3.8, 4) is 0 Å². The zero-order valence-corrected chi connectivity index (χ0v) is 12.4. The molecule has 4 heteroatoms. The van der Waals surface area contributed by atoms with Crippen molar-refractivity contribution < 1.29 is 0 Å². The number of nitrogens with zero attached hydrogens (tertiary/aromatic N) is 2. The Morgan fingerprint density at radius 3 is 2.83 bits per heavy atom. The highest BCUT2D eigenvalue weighted by atomic mass is 32.2. The maximum absolute atomic E-state index is 4.76. The summed E-state index contributed by atoms with van der Waals surface area (Å²) in [6.07, 6.45) is 2.23. The van der Waals surface area contributed by atoms with Crippen LogP contribution in [0.3, 0.4) is 0 Å². The second-order valence-corrected chi connectivity index (χ2v) is 6.30. The number of nitrogens with one attached hydrogen (secondary N) is 1. The summed E-state index contributed by atoms with van der Waals surface area (Å²) in [5, 5.41) is 3.38. The summed E-state index contributed by atoms with van der Waals surface area (Å²) in [6, 6.07) is 0. The van der Waals surface area contributed by atoms with Crippen molar-refractivity contribution in [3.05, 3.63) is 22.8 Å². The minimum atomic E-state index is 0.737. The average Bonchev–Trinajstić information content (AvgIpc) is 2.77. The summed E-state index contributed by atoms with van der Waals surface area (Å²) < 4.78 is 0. The first-order chi connectivity index (χ1) is 8.70. The predicted octanol–water partition coefficient (Wildman–Crippen LogP) is 2.92. The molecule has 0 saturated carbocycles. The smallest absolute Gasteiger partial charge is 0.138 e. The van der Waals surface area contributed by atoms with Crippen LogP contribution < -0.4 is 5.32 Å². The molecule has 1 aromatic heterocycles. The van der Waals surface area contributed by atoms with E-state index < -0.39 is 0 Å². The van der Waals surface area contributed by atoms with Crippen molar-refractivity contribution >= 4 is 11.8 Å². The molecule has 1 aliphatic heterocycles. The van der Waals surface area contributed by atoms with E-state index in [0.29, 0.717) is 0 Å². The zero-order valence-electron chi connectivity index (χ0n) is 11.6. The Hall–Kier alpha value is -0.610. The summed E-state index contributed by atoms with van der Waals surface area (Å²) >= 11 is 1.94. The van der Waals surface area contributed by atoms with Crippen LogP contribution >= 0.6 is 11.8 Å². The lowest BCUT2D eigenvalue weighted by Crippen LogP contribution is -2.06. The van der Waals surface area contributed by atoms with E-state index in [4.69, 9.17) is 9.97 Å². The molecule has 0 unspecified atom stereocenters. The summed E-state index contributed by atoms with van der Waals surface area (Å²) in [5.74, 6) is 3.89. The van der Waals surface area contributed by atoms with Crippen LogP contribution in [-0.2, 0) is 25.3 Å².